The Bertz CT molecular complexity index is 1120. The van der Waals surface area contributed by atoms with Crippen molar-refractivity contribution in [3.05, 3.63) is 89.4 Å². The Hall–Kier alpha value is -3.03. The summed E-state index contributed by atoms with van der Waals surface area (Å²) in [6, 6.07) is 21.8. The van der Waals surface area contributed by atoms with E-state index in [0.717, 1.165) is 9.87 Å². The molecule has 0 fully saturated rings. The van der Waals surface area contributed by atoms with Crippen molar-refractivity contribution in [3.8, 4) is 5.75 Å². The molecule has 0 unspecified atom stereocenters. The monoisotopic (exact) mass is 458 g/mol. The molecule has 0 atom stereocenters. The quantitative estimate of drug-likeness (QED) is 0.507. The summed E-state index contributed by atoms with van der Waals surface area (Å²) in [6.45, 7) is 0.00365. The fourth-order valence-corrected chi connectivity index (χ4v) is 4.52. The van der Waals surface area contributed by atoms with E-state index in [9.17, 15) is 13.2 Å². The largest absolute Gasteiger partial charge is 0.497 e. The molecular formula is C23H23ClN2O4S. The van der Waals surface area contributed by atoms with Gasteiger partial charge in [-0.05, 0) is 54.1 Å². The number of carbonyl (C=O) groups is 1. The van der Waals surface area contributed by atoms with Crippen LogP contribution >= 0.6 is 11.6 Å². The number of anilines is 1. The Labute approximate surface area is 187 Å². The lowest BCUT2D eigenvalue weighted by Crippen LogP contribution is -2.41. The third kappa shape index (κ3) is 5.57. The first-order valence-electron chi connectivity index (χ1n) is 9.51. The van der Waals surface area contributed by atoms with Gasteiger partial charge in [-0.2, -0.15) is 0 Å². The Balaban J connectivity index is 1.86. The van der Waals surface area contributed by atoms with Crippen molar-refractivity contribution in [1.29, 1.82) is 0 Å². The van der Waals surface area contributed by atoms with Crippen LogP contribution in [0.4, 0.5) is 5.69 Å². The molecule has 1 amide bonds. The van der Waals surface area contributed by atoms with Crippen LogP contribution in [-0.4, -0.2) is 39.9 Å². The second-order valence-electron chi connectivity index (χ2n) is 6.90. The summed E-state index contributed by atoms with van der Waals surface area (Å²) in [5.74, 6) is 0.208. The lowest BCUT2D eigenvalue weighted by molar-refractivity contribution is -0.128. The van der Waals surface area contributed by atoms with Gasteiger partial charge in [0, 0.05) is 18.6 Å². The topological polar surface area (TPSA) is 66.9 Å². The lowest BCUT2D eigenvalue weighted by atomic mass is 10.2. The smallest absolute Gasteiger partial charge is 0.264 e. The van der Waals surface area contributed by atoms with Crippen molar-refractivity contribution in [2.75, 3.05) is 25.0 Å². The summed E-state index contributed by atoms with van der Waals surface area (Å²) in [4.78, 5) is 14.5. The van der Waals surface area contributed by atoms with E-state index in [1.807, 2.05) is 12.1 Å². The summed E-state index contributed by atoms with van der Waals surface area (Å²) < 4.78 is 33.0. The molecule has 6 nitrogen and oxygen atoms in total. The number of hydrogen-bond acceptors (Lipinski definition) is 4. The molecule has 0 radical (unpaired) electrons. The highest BCUT2D eigenvalue weighted by Crippen LogP contribution is 2.25. The summed E-state index contributed by atoms with van der Waals surface area (Å²) in [7, 11) is -0.825. The highest BCUT2D eigenvalue weighted by molar-refractivity contribution is 7.92. The summed E-state index contributed by atoms with van der Waals surface area (Å²) in [6.07, 6.45) is 0. The number of ether oxygens (including phenoxy) is 1. The van der Waals surface area contributed by atoms with Crippen molar-refractivity contribution in [2.24, 2.45) is 0 Å². The number of nitrogens with zero attached hydrogens (tertiary/aromatic N) is 2. The van der Waals surface area contributed by atoms with Gasteiger partial charge in [0.05, 0.1) is 17.7 Å². The average Bonchev–Trinajstić information content (AvgIpc) is 2.79. The SMILES string of the molecule is COc1ccc(S(=O)(=O)N(CC(=O)N(C)Cc2ccc(Cl)cc2)c2ccccc2)cc1. The second kappa shape index (κ2) is 9.85. The first-order valence-corrected chi connectivity index (χ1v) is 11.3. The van der Waals surface area contributed by atoms with Crippen LogP contribution in [0.2, 0.25) is 5.02 Å². The van der Waals surface area contributed by atoms with E-state index in [0.29, 0.717) is 23.0 Å². The minimum atomic E-state index is -3.97. The molecule has 162 valence electrons. The molecule has 0 aromatic heterocycles. The first kappa shape index (κ1) is 22.7. The normalized spacial score (nSPS) is 11.1. The summed E-state index contributed by atoms with van der Waals surface area (Å²) in [5.41, 5.74) is 1.30. The molecule has 3 aromatic carbocycles. The van der Waals surface area contributed by atoms with Crippen LogP contribution in [0, 0.1) is 0 Å². The third-order valence-electron chi connectivity index (χ3n) is 4.73. The molecule has 3 rings (SSSR count). The highest BCUT2D eigenvalue weighted by Gasteiger charge is 2.28. The van der Waals surface area contributed by atoms with Crippen LogP contribution in [0.3, 0.4) is 0 Å². The number of benzene rings is 3. The van der Waals surface area contributed by atoms with Gasteiger partial charge >= 0.3 is 0 Å². The fraction of sp³-hybridized carbons (Fsp3) is 0.174. The number of rotatable bonds is 8. The number of hydrogen-bond donors (Lipinski definition) is 0. The van der Waals surface area contributed by atoms with E-state index in [4.69, 9.17) is 16.3 Å². The lowest BCUT2D eigenvalue weighted by Gasteiger charge is -2.26. The average molecular weight is 459 g/mol. The van der Waals surface area contributed by atoms with E-state index in [-0.39, 0.29) is 17.3 Å². The molecule has 0 aliphatic rings. The standard InChI is InChI=1S/C23H23ClN2O4S/c1-25(16-18-8-10-19(24)11-9-18)23(27)17-26(20-6-4-3-5-7-20)31(28,29)22-14-12-21(30-2)13-15-22/h3-15H,16-17H2,1-2H3. The summed E-state index contributed by atoms with van der Waals surface area (Å²) in [5, 5.41) is 0.610. The van der Waals surface area contributed by atoms with E-state index in [1.165, 1.54) is 24.1 Å². The van der Waals surface area contributed by atoms with E-state index < -0.39 is 10.0 Å². The van der Waals surface area contributed by atoms with Gasteiger partial charge in [-0.15, -0.1) is 0 Å². The van der Waals surface area contributed by atoms with Gasteiger partial charge in [0.15, 0.2) is 0 Å². The van der Waals surface area contributed by atoms with Gasteiger partial charge in [-0.3, -0.25) is 9.10 Å². The second-order valence-corrected chi connectivity index (χ2v) is 9.20. The molecular weight excluding hydrogens is 436 g/mol. The molecule has 31 heavy (non-hydrogen) atoms. The Morgan fingerprint density at radius 3 is 2.13 bits per heavy atom. The molecule has 0 spiro atoms. The summed E-state index contributed by atoms with van der Waals surface area (Å²) >= 11 is 5.91. The van der Waals surface area contributed by atoms with E-state index >= 15 is 0 Å². The number of para-hydroxylation sites is 1. The van der Waals surface area contributed by atoms with Crippen molar-refractivity contribution in [1.82, 2.24) is 4.90 Å². The van der Waals surface area contributed by atoms with Crippen LogP contribution in [0.5, 0.6) is 5.75 Å². The predicted molar refractivity (Wildman–Crippen MR) is 122 cm³/mol. The maximum absolute atomic E-state index is 13.4. The number of halogens is 1. The highest BCUT2D eigenvalue weighted by atomic mass is 35.5. The van der Waals surface area contributed by atoms with Gasteiger partial charge < -0.3 is 9.64 Å². The van der Waals surface area contributed by atoms with Gasteiger partial charge in [0.2, 0.25) is 5.91 Å². The number of amides is 1. The number of likely N-dealkylation sites (N-methyl/N-ethyl adjacent to an activating group) is 1. The van der Waals surface area contributed by atoms with Gasteiger partial charge in [0.1, 0.15) is 12.3 Å². The minimum absolute atomic E-state index is 0.0744. The maximum atomic E-state index is 13.4. The van der Waals surface area contributed by atoms with Gasteiger partial charge in [-0.25, -0.2) is 8.42 Å². The van der Waals surface area contributed by atoms with Crippen LogP contribution in [-0.2, 0) is 21.4 Å². The molecule has 0 bridgehead atoms. The molecule has 0 aliphatic heterocycles. The van der Waals surface area contributed by atoms with Crippen LogP contribution < -0.4 is 9.04 Å². The molecule has 0 aliphatic carbocycles. The Morgan fingerprint density at radius 2 is 1.55 bits per heavy atom. The molecule has 8 heteroatoms. The minimum Gasteiger partial charge on any atom is -0.497 e. The number of methoxy groups -OCH3 is 1. The molecule has 0 saturated heterocycles. The Morgan fingerprint density at radius 1 is 0.935 bits per heavy atom. The zero-order chi connectivity index (χ0) is 22.4. The first-order chi connectivity index (χ1) is 14.8. The number of carbonyl (C=O) groups excluding carboxylic acids is 1. The van der Waals surface area contributed by atoms with Gasteiger partial charge in [-0.1, -0.05) is 41.9 Å². The van der Waals surface area contributed by atoms with Crippen molar-refractivity contribution in [2.45, 2.75) is 11.4 Å². The Kier molecular flexibility index (Phi) is 7.20. The number of sulfonamides is 1. The maximum Gasteiger partial charge on any atom is 0.264 e. The van der Waals surface area contributed by atoms with Crippen LogP contribution in [0.25, 0.3) is 0 Å². The van der Waals surface area contributed by atoms with Crippen molar-refractivity contribution < 1.29 is 17.9 Å². The molecule has 3 aromatic rings. The van der Waals surface area contributed by atoms with Gasteiger partial charge in [0.25, 0.3) is 10.0 Å². The van der Waals surface area contributed by atoms with E-state index in [2.05, 4.69) is 0 Å². The zero-order valence-electron chi connectivity index (χ0n) is 17.2. The molecule has 0 saturated carbocycles. The van der Waals surface area contributed by atoms with Crippen LogP contribution in [0.1, 0.15) is 5.56 Å². The predicted octanol–water partition coefficient (Wildman–Crippen LogP) is 4.20. The van der Waals surface area contributed by atoms with Crippen molar-refractivity contribution >= 4 is 33.2 Å². The molecule has 0 N–H and O–H groups in total. The molecule has 0 heterocycles. The van der Waals surface area contributed by atoms with Crippen molar-refractivity contribution in [3.63, 3.8) is 0 Å². The van der Waals surface area contributed by atoms with E-state index in [1.54, 1.807) is 61.6 Å². The zero-order valence-corrected chi connectivity index (χ0v) is 18.8. The third-order valence-corrected chi connectivity index (χ3v) is 6.77. The van der Waals surface area contributed by atoms with Crippen LogP contribution in [0.15, 0.2) is 83.8 Å². The fourth-order valence-electron chi connectivity index (χ4n) is 2.98.